The van der Waals surface area contributed by atoms with Gasteiger partial charge in [0.05, 0.1) is 6.61 Å². The summed E-state index contributed by atoms with van der Waals surface area (Å²) >= 11 is 1.80. The summed E-state index contributed by atoms with van der Waals surface area (Å²) in [5, 5.41) is 0.481. The van der Waals surface area contributed by atoms with Crippen molar-refractivity contribution in [3.63, 3.8) is 0 Å². The molecule has 0 fully saturated rings. The average molecular weight is 285 g/mol. The Morgan fingerprint density at radius 1 is 1.58 bits per heavy atom. The number of carbonyl (C=O) groups excluding carboxylic acids is 1. The fourth-order valence-corrected chi connectivity index (χ4v) is 4.05. The fraction of sp³-hybridized carbons (Fsp3) is 0.800. The molecule has 0 heterocycles. The lowest BCUT2D eigenvalue weighted by Crippen LogP contribution is -2.36. The van der Waals surface area contributed by atoms with Crippen LogP contribution in [-0.4, -0.2) is 29.6 Å². The topological polar surface area (TPSA) is 52.3 Å². The Morgan fingerprint density at radius 3 is 2.84 bits per heavy atom. The van der Waals surface area contributed by atoms with Gasteiger partial charge in [-0.05, 0) is 38.5 Å². The molecule has 19 heavy (non-hydrogen) atoms. The highest BCUT2D eigenvalue weighted by Gasteiger charge is 2.27. The van der Waals surface area contributed by atoms with Gasteiger partial charge in [-0.15, -0.1) is 0 Å². The van der Waals surface area contributed by atoms with Crippen LogP contribution in [0.2, 0.25) is 0 Å². The number of allylic oxidation sites excluding steroid dienone is 1. The molecule has 1 rings (SSSR count). The van der Waals surface area contributed by atoms with Gasteiger partial charge >= 0.3 is 5.97 Å². The maximum atomic E-state index is 11.5. The van der Waals surface area contributed by atoms with Crippen molar-refractivity contribution in [2.45, 2.75) is 51.8 Å². The van der Waals surface area contributed by atoms with E-state index >= 15 is 0 Å². The second-order valence-corrected chi connectivity index (χ2v) is 6.83. The van der Waals surface area contributed by atoms with Crippen molar-refractivity contribution in [2.24, 2.45) is 17.6 Å². The van der Waals surface area contributed by atoms with Crippen LogP contribution in [0.3, 0.4) is 0 Å². The first-order valence-electron chi connectivity index (χ1n) is 7.16. The van der Waals surface area contributed by atoms with Crippen LogP contribution >= 0.6 is 11.8 Å². The number of thioether (sulfide) groups is 1. The van der Waals surface area contributed by atoms with E-state index in [1.807, 2.05) is 0 Å². The van der Waals surface area contributed by atoms with Crippen LogP contribution in [0.15, 0.2) is 11.6 Å². The Hall–Kier alpha value is -0.480. The molecule has 0 aromatic heterocycles. The van der Waals surface area contributed by atoms with Gasteiger partial charge in [-0.3, -0.25) is 4.79 Å². The van der Waals surface area contributed by atoms with Gasteiger partial charge in [0.2, 0.25) is 0 Å². The van der Waals surface area contributed by atoms with Gasteiger partial charge in [-0.2, -0.15) is 11.8 Å². The predicted octanol–water partition coefficient (Wildman–Crippen LogP) is 2.99. The summed E-state index contributed by atoms with van der Waals surface area (Å²) in [6, 6.07) is -0.506. The molecule has 1 aliphatic carbocycles. The van der Waals surface area contributed by atoms with E-state index in [0.717, 1.165) is 0 Å². The zero-order valence-corrected chi connectivity index (χ0v) is 13.3. The molecule has 0 aromatic rings. The SMILES string of the molecule is CCOC(=O)C(N)CSC1C=C(C)CCC1C(C)C. The molecule has 110 valence electrons. The van der Waals surface area contributed by atoms with Crippen molar-refractivity contribution in [3.8, 4) is 0 Å². The number of rotatable bonds is 6. The Bertz CT molecular complexity index is 328. The van der Waals surface area contributed by atoms with E-state index in [1.54, 1.807) is 18.7 Å². The molecule has 3 nitrogen and oxygen atoms in total. The number of hydrogen-bond donors (Lipinski definition) is 1. The van der Waals surface area contributed by atoms with Crippen LogP contribution in [-0.2, 0) is 9.53 Å². The molecular formula is C15H27NO2S. The van der Waals surface area contributed by atoms with Gasteiger partial charge in [0.25, 0.3) is 0 Å². The van der Waals surface area contributed by atoms with Crippen molar-refractivity contribution >= 4 is 17.7 Å². The van der Waals surface area contributed by atoms with Gasteiger partial charge in [-0.25, -0.2) is 0 Å². The van der Waals surface area contributed by atoms with Crippen molar-refractivity contribution in [1.82, 2.24) is 0 Å². The average Bonchev–Trinajstić information content (AvgIpc) is 2.35. The quantitative estimate of drug-likeness (QED) is 0.602. The van der Waals surface area contributed by atoms with Gasteiger partial charge < -0.3 is 10.5 Å². The van der Waals surface area contributed by atoms with Crippen molar-refractivity contribution in [2.75, 3.05) is 12.4 Å². The van der Waals surface area contributed by atoms with Gasteiger partial charge in [0.1, 0.15) is 6.04 Å². The summed E-state index contributed by atoms with van der Waals surface area (Å²) in [5.74, 6) is 1.70. The van der Waals surface area contributed by atoms with Crippen LogP contribution in [0, 0.1) is 11.8 Å². The second-order valence-electron chi connectivity index (χ2n) is 5.62. The molecule has 2 N–H and O–H groups in total. The lowest BCUT2D eigenvalue weighted by molar-refractivity contribution is -0.144. The van der Waals surface area contributed by atoms with Crippen LogP contribution in [0.5, 0.6) is 0 Å². The van der Waals surface area contributed by atoms with Crippen molar-refractivity contribution in [3.05, 3.63) is 11.6 Å². The second kappa shape index (κ2) is 7.95. The summed E-state index contributed by atoms with van der Waals surface area (Å²) < 4.78 is 4.95. The van der Waals surface area contributed by atoms with Gasteiger partial charge in [-0.1, -0.05) is 25.5 Å². The summed E-state index contributed by atoms with van der Waals surface area (Å²) in [5.41, 5.74) is 7.32. The molecule has 4 heteroatoms. The molecule has 0 spiro atoms. The smallest absolute Gasteiger partial charge is 0.323 e. The van der Waals surface area contributed by atoms with E-state index in [-0.39, 0.29) is 5.97 Å². The minimum Gasteiger partial charge on any atom is -0.465 e. The zero-order chi connectivity index (χ0) is 14.4. The summed E-state index contributed by atoms with van der Waals surface area (Å²) in [7, 11) is 0. The van der Waals surface area contributed by atoms with E-state index in [0.29, 0.717) is 29.4 Å². The minimum atomic E-state index is -0.506. The summed E-state index contributed by atoms with van der Waals surface area (Å²) in [6.45, 7) is 8.94. The molecule has 0 amide bonds. The Kier molecular flexibility index (Phi) is 6.94. The highest BCUT2D eigenvalue weighted by Crippen LogP contribution is 2.36. The van der Waals surface area contributed by atoms with Gasteiger partial charge in [0, 0.05) is 11.0 Å². The lowest BCUT2D eigenvalue weighted by Gasteiger charge is -2.32. The highest BCUT2D eigenvalue weighted by atomic mass is 32.2. The molecule has 0 aliphatic heterocycles. The normalized spacial score (nSPS) is 25.1. The third-order valence-electron chi connectivity index (χ3n) is 3.66. The molecule has 3 atom stereocenters. The third-order valence-corrected chi connectivity index (χ3v) is 5.08. The maximum absolute atomic E-state index is 11.5. The first kappa shape index (κ1) is 16.6. The zero-order valence-electron chi connectivity index (χ0n) is 12.5. The maximum Gasteiger partial charge on any atom is 0.323 e. The summed E-state index contributed by atoms with van der Waals surface area (Å²) in [4.78, 5) is 11.5. The number of ether oxygens (including phenoxy) is 1. The van der Waals surface area contributed by atoms with Crippen LogP contribution in [0.4, 0.5) is 0 Å². The summed E-state index contributed by atoms with van der Waals surface area (Å²) in [6.07, 6.45) is 4.80. The minimum absolute atomic E-state index is 0.285. The molecule has 0 saturated carbocycles. The van der Waals surface area contributed by atoms with Crippen LogP contribution in [0.25, 0.3) is 0 Å². The number of carbonyl (C=O) groups is 1. The van der Waals surface area contributed by atoms with Crippen LogP contribution < -0.4 is 5.73 Å². The Morgan fingerprint density at radius 2 is 2.26 bits per heavy atom. The predicted molar refractivity (Wildman–Crippen MR) is 82.2 cm³/mol. The molecule has 0 aromatic carbocycles. The Labute approximate surface area is 121 Å². The monoisotopic (exact) mass is 285 g/mol. The number of hydrogen-bond acceptors (Lipinski definition) is 4. The first-order chi connectivity index (χ1) is 8.95. The van der Waals surface area contributed by atoms with Crippen molar-refractivity contribution < 1.29 is 9.53 Å². The van der Waals surface area contributed by atoms with Gasteiger partial charge in [0.15, 0.2) is 0 Å². The Balaban J connectivity index is 2.53. The molecule has 0 bridgehead atoms. The standard InChI is InChI=1S/C15H27NO2S/c1-5-18-15(17)13(16)9-19-14-8-11(4)6-7-12(14)10(2)3/h8,10,12-14H,5-7,9,16H2,1-4H3. The van der Waals surface area contributed by atoms with E-state index in [4.69, 9.17) is 10.5 Å². The van der Waals surface area contributed by atoms with Crippen molar-refractivity contribution in [1.29, 1.82) is 0 Å². The largest absolute Gasteiger partial charge is 0.465 e. The molecule has 1 aliphatic rings. The molecule has 3 unspecified atom stereocenters. The number of esters is 1. The fourth-order valence-electron chi connectivity index (χ4n) is 2.46. The number of nitrogens with two attached hydrogens (primary N) is 1. The van der Waals surface area contributed by atoms with Crippen LogP contribution in [0.1, 0.15) is 40.5 Å². The highest BCUT2D eigenvalue weighted by molar-refractivity contribution is 8.00. The van der Waals surface area contributed by atoms with E-state index in [9.17, 15) is 4.79 Å². The molecular weight excluding hydrogens is 258 g/mol. The first-order valence-corrected chi connectivity index (χ1v) is 8.21. The lowest BCUT2D eigenvalue weighted by atomic mass is 9.82. The molecule has 0 radical (unpaired) electrons. The van der Waals surface area contributed by atoms with E-state index in [1.165, 1.54) is 18.4 Å². The third kappa shape index (κ3) is 5.19. The van der Waals surface area contributed by atoms with E-state index < -0.39 is 6.04 Å². The molecule has 0 saturated heterocycles. The van der Waals surface area contributed by atoms with E-state index in [2.05, 4.69) is 26.8 Å².